The summed E-state index contributed by atoms with van der Waals surface area (Å²) in [6, 6.07) is 2.50. The van der Waals surface area contributed by atoms with Crippen LogP contribution < -0.4 is 0 Å². The zero-order valence-electron chi connectivity index (χ0n) is 15.4. The van der Waals surface area contributed by atoms with Crippen LogP contribution in [0.3, 0.4) is 0 Å². The summed E-state index contributed by atoms with van der Waals surface area (Å²) in [5, 5.41) is 11.1. The molecule has 0 saturated heterocycles. The number of rotatable bonds is 1. The number of nitro benzene ring substituents is 1. The topological polar surface area (TPSA) is 68.9 Å². The van der Waals surface area contributed by atoms with Crippen LogP contribution in [-0.4, -0.2) is 14.9 Å². The maximum atomic E-state index is 13.7. The molecule has 0 N–H and O–H groups in total. The first kappa shape index (κ1) is 23.1. The Bertz CT molecular complexity index is 1300. The second kappa shape index (κ2) is 8.92. The summed E-state index contributed by atoms with van der Waals surface area (Å²) in [5.41, 5.74) is -4.14. The molecule has 0 aliphatic rings. The average Bonchev–Trinajstić information content (AvgIpc) is 2.76. The SMILES string of the molecule is O=[N+]([O-])c1cc(C#Cc2c(F)c(F)nc(F)c2F)cc(C#Cc2c(F)c(F)nc(F)c2F)c1. The minimum atomic E-state index is -1.98. The summed E-state index contributed by atoms with van der Waals surface area (Å²) in [4.78, 5) is 14.8. The number of halogens is 8. The first-order chi connectivity index (χ1) is 15.5. The van der Waals surface area contributed by atoms with Gasteiger partial charge in [0.15, 0.2) is 23.3 Å². The third kappa shape index (κ3) is 4.72. The Morgan fingerprint density at radius 1 is 0.606 bits per heavy atom. The monoisotopic (exact) mass is 469 g/mol. The van der Waals surface area contributed by atoms with Gasteiger partial charge in [-0.05, 0) is 6.07 Å². The molecule has 0 bridgehead atoms. The fraction of sp³-hybridized carbons (Fsp3) is 0. The lowest BCUT2D eigenvalue weighted by molar-refractivity contribution is -0.384. The van der Waals surface area contributed by atoms with Gasteiger partial charge in [0.05, 0.1) is 4.92 Å². The van der Waals surface area contributed by atoms with Crippen LogP contribution in [0.4, 0.5) is 40.8 Å². The van der Waals surface area contributed by atoms with Crippen molar-refractivity contribution in [3.05, 3.63) is 97.6 Å². The van der Waals surface area contributed by atoms with Gasteiger partial charge in [0.1, 0.15) is 11.1 Å². The predicted octanol–water partition coefficient (Wildman–Crippen LogP) is 4.30. The van der Waals surface area contributed by atoms with E-state index in [9.17, 15) is 45.2 Å². The van der Waals surface area contributed by atoms with Gasteiger partial charge < -0.3 is 0 Å². The Labute approximate surface area is 177 Å². The standard InChI is InChI=1S/C20H3F8N3O2/c21-13-11(14(22)18(26)29-17(13)25)3-1-8-5-9(7-10(6-8)31(32)33)2-4-12-15(23)19(27)30-20(28)16(12)24/h5-7H. The first-order valence-corrected chi connectivity index (χ1v) is 8.23. The van der Waals surface area contributed by atoms with Crippen LogP contribution in [0, 0.1) is 80.9 Å². The van der Waals surface area contributed by atoms with Crippen molar-refractivity contribution in [2.24, 2.45) is 0 Å². The Hall–Kier alpha value is -4.52. The van der Waals surface area contributed by atoms with Crippen LogP contribution in [0.25, 0.3) is 0 Å². The van der Waals surface area contributed by atoms with Gasteiger partial charge >= 0.3 is 0 Å². The molecule has 5 nitrogen and oxygen atoms in total. The zero-order chi connectivity index (χ0) is 24.4. The molecule has 0 aliphatic carbocycles. The van der Waals surface area contributed by atoms with E-state index in [1.807, 2.05) is 11.8 Å². The van der Waals surface area contributed by atoms with E-state index in [0.717, 1.165) is 18.2 Å². The third-order valence-corrected chi connectivity index (χ3v) is 3.79. The highest BCUT2D eigenvalue weighted by Crippen LogP contribution is 2.20. The molecule has 3 rings (SSSR count). The summed E-state index contributed by atoms with van der Waals surface area (Å²) in [6.45, 7) is 0. The number of non-ortho nitro benzene ring substituents is 1. The highest BCUT2D eigenvalue weighted by atomic mass is 19.2. The van der Waals surface area contributed by atoms with Crippen LogP contribution in [0.15, 0.2) is 18.2 Å². The fourth-order valence-electron chi connectivity index (χ4n) is 2.32. The van der Waals surface area contributed by atoms with E-state index >= 15 is 0 Å². The summed E-state index contributed by atoms with van der Waals surface area (Å²) < 4.78 is 107. The number of hydrogen-bond donors (Lipinski definition) is 0. The molecule has 1 aromatic carbocycles. The number of nitrogens with zero attached hydrogens (tertiary/aromatic N) is 3. The van der Waals surface area contributed by atoms with Gasteiger partial charge in [0.25, 0.3) is 29.5 Å². The number of hydrogen-bond acceptors (Lipinski definition) is 4. The molecule has 2 aromatic heterocycles. The number of pyridine rings is 2. The molecule has 2 heterocycles. The van der Waals surface area contributed by atoms with Gasteiger partial charge in [0, 0.05) is 23.3 Å². The summed E-state index contributed by atoms with van der Waals surface area (Å²) >= 11 is 0. The molecule has 0 atom stereocenters. The Morgan fingerprint density at radius 2 is 0.939 bits per heavy atom. The third-order valence-electron chi connectivity index (χ3n) is 3.79. The molecule has 0 spiro atoms. The van der Waals surface area contributed by atoms with E-state index in [4.69, 9.17) is 0 Å². The molecule has 0 amide bonds. The van der Waals surface area contributed by atoms with Gasteiger partial charge in [-0.15, -0.1) is 0 Å². The van der Waals surface area contributed by atoms with Crippen LogP contribution in [-0.2, 0) is 0 Å². The minimum absolute atomic E-state index is 0.363. The van der Waals surface area contributed by atoms with Crippen molar-refractivity contribution >= 4 is 5.69 Å². The van der Waals surface area contributed by atoms with Crippen molar-refractivity contribution in [1.82, 2.24) is 9.97 Å². The van der Waals surface area contributed by atoms with Crippen molar-refractivity contribution in [3.8, 4) is 23.7 Å². The van der Waals surface area contributed by atoms with Crippen LogP contribution in [0.1, 0.15) is 22.3 Å². The van der Waals surface area contributed by atoms with Gasteiger partial charge in [-0.2, -0.15) is 27.5 Å². The van der Waals surface area contributed by atoms with E-state index in [1.165, 1.54) is 0 Å². The number of benzene rings is 1. The normalized spacial score (nSPS) is 10.2. The summed E-state index contributed by atoms with van der Waals surface area (Å²) in [5.74, 6) is -8.01. The van der Waals surface area contributed by atoms with Gasteiger partial charge in [-0.25, -0.2) is 17.6 Å². The molecule has 0 fully saturated rings. The van der Waals surface area contributed by atoms with E-state index in [2.05, 4.69) is 9.97 Å². The zero-order valence-corrected chi connectivity index (χ0v) is 15.4. The van der Waals surface area contributed by atoms with Crippen molar-refractivity contribution in [3.63, 3.8) is 0 Å². The molecule has 3 aromatic rings. The van der Waals surface area contributed by atoms with Crippen LogP contribution in [0.5, 0.6) is 0 Å². The summed E-state index contributed by atoms with van der Waals surface area (Å²) in [6.07, 6.45) is 0. The fourth-order valence-corrected chi connectivity index (χ4v) is 2.32. The molecule has 0 unspecified atom stereocenters. The van der Waals surface area contributed by atoms with Crippen LogP contribution in [0.2, 0.25) is 0 Å². The average molecular weight is 469 g/mol. The van der Waals surface area contributed by atoms with Crippen molar-refractivity contribution < 1.29 is 40.0 Å². The largest absolute Gasteiger partial charge is 0.271 e. The molecule has 13 heteroatoms. The first-order valence-electron chi connectivity index (χ1n) is 8.23. The Balaban J connectivity index is 2.13. The molecule has 0 aliphatic heterocycles. The highest BCUT2D eigenvalue weighted by Gasteiger charge is 2.20. The lowest BCUT2D eigenvalue weighted by atomic mass is 10.1. The second-order valence-electron chi connectivity index (χ2n) is 5.92. The molecular formula is C20H3F8N3O2. The van der Waals surface area contributed by atoms with Crippen molar-refractivity contribution in [2.45, 2.75) is 0 Å². The van der Waals surface area contributed by atoms with Crippen molar-refractivity contribution in [1.29, 1.82) is 0 Å². The van der Waals surface area contributed by atoms with Crippen LogP contribution >= 0.6 is 0 Å². The molecular weight excluding hydrogens is 466 g/mol. The lowest BCUT2D eigenvalue weighted by Gasteiger charge is -2.00. The molecule has 0 radical (unpaired) electrons. The minimum Gasteiger partial charge on any atom is -0.258 e. The maximum absolute atomic E-state index is 13.7. The van der Waals surface area contributed by atoms with Gasteiger partial charge in [-0.3, -0.25) is 10.1 Å². The second-order valence-corrected chi connectivity index (χ2v) is 5.92. The lowest BCUT2D eigenvalue weighted by Crippen LogP contribution is -2.03. The molecule has 33 heavy (non-hydrogen) atoms. The van der Waals surface area contributed by atoms with E-state index < -0.39 is 68.8 Å². The Kier molecular flexibility index (Phi) is 6.26. The highest BCUT2D eigenvalue weighted by molar-refractivity contribution is 5.54. The Morgan fingerprint density at radius 3 is 1.24 bits per heavy atom. The molecule has 166 valence electrons. The van der Waals surface area contributed by atoms with E-state index in [0.29, 0.717) is 0 Å². The summed E-state index contributed by atoms with van der Waals surface area (Å²) in [7, 11) is 0. The van der Waals surface area contributed by atoms with E-state index in [-0.39, 0.29) is 11.1 Å². The smallest absolute Gasteiger partial charge is 0.258 e. The van der Waals surface area contributed by atoms with Gasteiger partial charge in [-0.1, -0.05) is 23.7 Å². The predicted molar refractivity (Wildman–Crippen MR) is 93.2 cm³/mol. The quantitative estimate of drug-likeness (QED) is 0.175. The number of nitro groups is 1. The molecule has 0 saturated carbocycles. The maximum Gasteiger partial charge on any atom is 0.271 e. The van der Waals surface area contributed by atoms with Crippen molar-refractivity contribution in [2.75, 3.05) is 0 Å². The van der Waals surface area contributed by atoms with Gasteiger partial charge in [0.2, 0.25) is 0 Å². The number of aromatic nitrogens is 2. The van der Waals surface area contributed by atoms with E-state index in [1.54, 1.807) is 11.8 Å².